The number of pyridine rings is 1. The summed E-state index contributed by atoms with van der Waals surface area (Å²) in [6, 6.07) is 14.7. The van der Waals surface area contributed by atoms with E-state index in [9.17, 15) is 14.8 Å². The van der Waals surface area contributed by atoms with Gasteiger partial charge in [0.15, 0.2) is 0 Å². The van der Waals surface area contributed by atoms with Crippen LogP contribution in [0.2, 0.25) is 0 Å². The van der Waals surface area contributed by atoms with E-state index in [0.717, 1.165) is 5.56 Å². The van der Waals surface area contributed by atoms with Gasteiger partial charge >= 0.3 is 0 Å². The van der Waals surface area contributed by atoms with Crippen LogP contribution < -0.4 is 5.73 Å². The van der Waals surface area contributed by atoms with Crippen LogP contribution in [0.3, 0.4) is 0 Å². The summed E-state index contributed by atoms with van der Waals surface area (Å²) in [5.74, 6) is -0.0651. The number of halogens is 2. The van der Waals surface area contributed by atoms with Gasteiger partial charge in [0.05, 0.1) is 9.26 Å². The zero-order valence-corrected chi connectivity index (χ0v) is 14.5. The second kappa shape index (κ2) is 6.45. The lowest BCUT2D eigenvalue weighted by molar-refractivity contribution is 0.471. The second-order valence-corrected chi connectivity index (χ2v) is 6.26. The normalized spacial score (nSPS) is 10.4. The van der Waals surface area contributed by atoms with Gasteiger partial charge in [-0.3, -0.25) is 0 Å². The van der Waals surface area contributed by atoms with E-state index in [1.54, 1.807) is 36.4 Å². The maximum Gasteiger partial charge on any atom is 0.142 e. The van der Waals surface area contributed by atoms with E-state index in [1.165, 1.54) is 12.1 Å². The van der Waals surface area contributed by atoms with Crippen molar-refractivity contribution < 1.29 is 9.50 Å². The number of nitriles is 1. The lowest BCUT2D eigenvalue weighted by Gasteiger charge is -2.11. The number of phenolic OH excluding ortho intramolecular Hbond substituents is 1. The molecule has 0 aliphatic heterocycles. The zero-order chi connectivity index (χ0) is 17.3. The minimum atomic E-state index is -0.339. The third kappa shape index (κ3) is 3.03. The van der Waals surface area contributed by atoms with Crippen LogP contribution in [0.5, 0.6) is 5.75 Å². The third-order valence-electron chi connectivity index (χ3n) is 3.56. The van der Waals surface area contributed by atoms with Crippen molar-refractivity contribution >= 4 is 28.4 Å². The monoisotopic (exact) mass is 431 g/mol. The highest BCUT2D eigenvalue weighted by atomic mass is 127. The molecule has 0 radical (unpaired) electrons. The van der Waals surface area contributed by atoms with Crippen LogP contribution in [0.4, 0.5) is 10.2 Å². The molecule has 118 valence electrons. The topological polar surface area (TPSA) is 82.9 Å². The van der Waals surface area contributed by atoms with E-state index in [0.29, 0.717) is 20.4 Å². The van der Waals surface area contributed by atoms with Gasteiger partial charge in [0.2, 0.25) is 0 Å². The van der Waals surface area contributed by atoms with E-state index in [-0.39, 0.29) is 22.9 Å². The van der Waals surface area contributed by atoms with Gasteiger partial charge in [0.1, 0.15) is 29.0 Å². The van der Waals surface area contributed by atoms with Crippen LogP contribution in [-0.4, -0.2) is 10.1 Å². The van der Waals surface area contributed by atoms with Gasteiger partial charge in [-0.1, -0.05) is 6.07 Å². The summed E-state index contributed by atoms with van der Waals surface area (Å²) in [4.78, 5) is 4.25. The molecule has 3 aromatic rings. The van der Waals surface area contributed by atoms with Crippen molar-refractivity contribution in [3.05, 3.63) is 63.5 Å². The van der Waals surface area contributed by atoms with Crippen molar-refractivity contribution in [1.82, 2.24) is 4.98 Å². The number of aromatic hydroxyl groups is 1. The average molecular weight is 431 g/mol. The van der Waals surface area contributed by atoms with Crippen molar-refractivity contribution in [2.75, 3.05) is 5.73 Å². The lowest BCUT2D eigenvalue weighted by atomic mass is 9.98. The van der Waals surface area contributed by atoms with E-state index >= 15 is 0 Å². The molecule has 0 aliphatic carbocycles. The number of benzene rings is 2. The molecule has 2 aromatic carbocycles. The first kappa shape index (κ1) is 16.2. The van der Waals surface area contributed by atoms with Gasteiger partial charge in [0.25, 0.3) is 0 Å². The van der Waals surface area contributed by atoms with Crippen LogP contribution >= 0.6 is 22.6 Å². The highest BCUT2D eigenvalue weighted by Crippen LogP contribution is 2.33. The molecular formula is C18H11FIN3O. The summed E-state index contributed by atoms with van der Waals surface area (Å²) in [7, 11) is 0. The summed E-state index contributed by atoms with van der Waals surface area (Å²) in [5, 5.41) is 19.1. The molecule has 0 saturated carbocycles. The predicted molar refractivity (Wildman–Crippen MR) is 98.6 cm³/mol. The highest BCUT2D eigenvalue weighted by molar-refractivity contribution is 14.1. The molecule has 0 saturated heterocycles. The Morgan fingerprint density at radius 3 is 2.38 bits per heavy atom. The molecule has 0 unspecified atom stereocenters. The van der Waals surface area contributed by atoms with Gasteiger partial charge in [-0.2, -0.15) is 5.26 Å². The van der Waals surface area contributed by atoms with Gasteiger partial charge < -0.3 is 10.8 Å². The molecule has 1 heterocycles. The van der Waals surface area contributed by atoms with Gasteiger partial charge in [-0.15, -0.1) is 0 Å². The fourth-order valence-electron chi connectivity index (χ4n) is 2.35. The first-order valence-electron chi connectivity index (χ1n) is 6.95. The smallest absolute Gasteiger partial charge is 0.142 e. The molecular weight excluding hydrogens is 420 g/mol. The number of aromatic nitrogens is 1. The van der Waals surface area contributed by atoms with Gasteiger partial charge in [0, 0.05) is 11.1 Å². The van der Waals surface area contributed by atoms with Gasteiger partial charge in [-0.05, 0) is 70.6 Å². The number of hydrogen-bond donors (Lipinski definition) is 2. The molecule has 6 heteroatoms. The van der Waals surface area contributed by atoms with E-state index in [1.807, 2.05) is 22.6 Å². The van der Waals surface area contributed by atoms with E-state index in [2.05, 4.69) is 11.1 Å². The van der Waals surface area contributed by atoms with Crippen LogP contribution in [0.15, 0.2) is 48.5 Å². The standard InChI is InChI=1S/C18H11FIN3O/c19-12-4-1-10(2-5-12)16-8-13(14(9-21)18(22)23-16)11-3-6-17(24)15(20)7-11/h1-8,24H,(H2,22,23). The molecule has 0 bridgehead atoms. The summed E-state index contributed by atoms with van der Waals surface area (Å²) in [6.07, 6.45) is 0. The quantitative estimate of drug-likeness (QED) is 0.593. The Kier molecular flexibility index (Phi) is 4.36. The lowest BCUT2D eigenvalue weighted by Crippen LogP contribution is -2.00. The molecule has 24 heavy (non-hydrogen) atoms. The number of nitrogens with two attached hydrogens (primary N) is 1. The predicted octanol–water partition coefficient (Wildman–Crippen LogP) is 4.32. The molecule has 3 rings (SSSR count). The molecule has 0 atom stereocenters. The Balaban J connectivity index is 2.22. The number of rotatable bonds is 2. The molecule has 3 N–H and O–H groups in total. The molecule has 0 aliphatic rings. The van der Waals surface area contributed by atoms with Crippen LogP contribution in [0, 0.1) is 20.7 Å². The molecule has 0 fully saturated rings. The minimum Gasteiger partial charge on any atom is -0.507 e. The first-order valence-corrected chi connectivity index (χ1v) is 8.03. The van der Waals surface area contributed by atoms with E-state index < -0.39 is 0 Å². The van der Waals surface area contributed by atoms with Crippen LogP contribution in [-0.2, 0) is 0 Å². The number of nitrogens with zero attached hydrogens (tertiary/aromatic N) is 2. The van der Waals surface area contributed by atoms with Crippen LogP contribution in [0.1, 0.15) is 5.56 Å². The molecule has 0 amide bonds. The Morgan fingerprint density at radius 1 is 1.08 bits per heavy atom. The number of nitrogen functional groups attached to an aromatic ring is 1. The Hall–Kier alpha value is -2.66. The Bertz CT molecular complexity index is 965. The summed E-state index contributed by atoms with van der Waals surface area (Å²) in [6.45, 7) is 0. The summed E-state index contributed by atoms with van der Waals surface area (Å²) >= 11 is 2.01. The van der Waals surface area contributed by atoms with Gasteiger partial charge in [-0.25, -0.2) is 9.37 Å². The van der Waals surface area contributed by atoms with Crippen molar-refractivity contribution in [3.8, 4) is 34.2 Å². The van der Waals surface area contributed by atoms with Crippen LogP contribution in [0.25, 0.3) is 22.4 Å². The Morgan fingerprint density at radius 2 is 1.75 bits per heavy atom. The van der Waals surface area contributed by atoms with Crippen molar-refractivity contribution in [1.29, 1.82) is 5.26 Å². The largest absolute Gasteiger partial charge is 0.507 e. The minimum absolute atomic E-state index is 0.109. The number of anilines is 1. The third-order valence-corrected chi connectivity index (χ3v) is 4.42. The zero-order valence-electron chi connectivity index (χ0n) is 12.3. The van der Waals surface area contributed by atoms with Crippen molar-refractivity contribution in [3.63, 3.8) is 0 Å². The molecule has 4 nitrogen and oxygen atoms in total. The highest BCUT2D eigenvalue weighted by Gasteiger charge is 2.14. The number of hydrogen-bond acceptors (Lipinski definition) is 4. The fourth-order valence-corrected chi connectivity index (χ4v) is 2.87. The maximum atomic E-state index is 13.1. The average Bonchev–Trinajstić information content (AvgIpc) is 2.57. The second-order valence-electron chi connectivity index (χ2n) is 5.10. The number of phenols is 1. The molecule has 1 aromatic heterocycles. The summed E-state index contributed by atoms with van der Waals surface area (Å²) < 4.78 is 13.8. The Labute approximate surface area is 151 Å². The van der Waals surface area contributed by atoms with E-state index in [4.69, 9.17) is 5.73 Å². The fraction of sp³-hybridized carbons (Fsp3) is 0. The SMILES string of the molecule is N#Cc1c(-c2ccc(O)c(I)c2)cc(-c2ccc(F)cc2)nc1N. The first-order chi connectivity index (χ1) is 11.5. The molecule has 0 spiro atoms. The summed E-state index contributed by atoms with van der Waals surface area (Å²) in [5.41, 5.74) is 8.81. The maximum absolute atomic E-state index is 13.1. The van der Waals surface area contributed by atoms with Crippen molar-refractivity contribution in [2.45, 2.75) is 0 Å². The van der Waals surface area contributed by atoms with Crippen molar-refractivity contribution in [2.24, 2.45) is 0 Å².